The van der Waals surface area contributed by atoms with Crippen molar-refractivity contribution >= 4 is 5.97 Å². The number of furan rings is 1. The van der Waals surface area contributed by atoms with E-state index in [9.17, 15) is 4.79 Å². The zero-order valence-corrected chi connectivity index (χ0v) is 13.4. The van der Waals surface area contributed by atoms with Crippen LogP contribution in [0.4, 0.5) is 0 Å². The highest BCUT2D eigenvalue weighted by atomic mass is 16.5. The van der Waals surface area contributed by atoms with E-state index in [1.807, 2.05) is 57.2 Å². The van der Waals surface area contributed by atoms with Gasteiger partial charge in [-0.25, -0.2) is 4.79 Å². The Morgan fingerprint density at radius 1 is 1.18 bits per heavy atom. The van der Waals surface area contributed by atoms with Crippen LogP contribution in [-0.4, -0.2) is 24.0 Å². The fourth-order valence-electron chi connectivity index (χ4n) is 2.51. The van der Waals surface area contributed by atoms with Gasteiger partial charge < -0.3 is 9.15 Å². The highest BCUT2D eigenvalue weighted by Gasteiger charge is 2.27. The van der Waals surface area contributed by atoms with Crippen LogP contribution < -0.4 is 0 Å². The lowest BCUT2D eigenvalue weighted by Gasteiger charge is -2.28. The molecule has 1 heterocycles. The van der Waals surface area contributed by atoms with Crippen molar-refractivity contribution in [2.75, 3.05) is 13.1 Å². The first kappa shape index (κ1) is 16.3. The first-order chi connectivity index (χ1) is 10.7. The average Bonchev–Trinajstić information content (AvgIpc) is 2.96. The minimum atomic E-state index is -0.372. The number of carbonyl (C=O) groups is 1. The lowest BCUT2D eigenvalue weighted by molar-refractivity contribution is -0.151. The van der Waals surface area contributed by atoms with Crippen LogP contribution in [0.15, 0.2) is 47.1 Å². The van der Waals surface area contributed by atoms with E-state index in [1.54, 1.807) is 6.26 Å². The number of carbonyl (C=O) groups excluding carboxylic acids is 1. The van der Waals surface area contributed by atoms with Crippen LogP contribution in [0, 0.1) is 6.92 Å². The first-order valence-electron chi connectivity index (χ1n) is 7.66. The predicted molar refractivity (Wildman–Crippen MR) is 85.3 cm³/mol. The standard InChI is InChI=1S/C18H23NO3/c1-4-19(5-2)17(15-9-7-6-8-10-15)18(20)22-13-16-11-12-21-14(16)3/h6-12,17H,4-5,13H2,1-3H3/t17-/m0/s1. The maximum absolute atomic E-state index is 12.6. The van der Waals surface area contributed by atoms with Gasteiger partial charge in [-0.3, -0.25) is 4.90 Å². The van der Waals surface area contributed by atoms with Crippen LogP contribution in [0.5, 0.6) is 0 Å². The Kier molecular flexibility index (Phi) is 5.78. The number of esters is 1. The number of nitrogens with zero attached hydrogens (tertiary/aromatic N) is 1. The minimum Gasteiger partial charge on any atom is -0.469 e. The summed E-state index contributed by atoms with van der Waals surface area (Å²) >= 11 is 0. The van der Waals surface area contributed by atoms with Crippen LogP contribution in [0.2, 0.25) is 0 Å². The second kappa shape index (κ2) is 7.80. The van der Waals surface area contributed by atoms with Crippen molar-refractivity contribution in [2.24, 2.45) is 0 Å². The van der Waals surface area contributed by atoms with Crippen molar-refractivity contribution in [2.45, 2.75) is 33.4 Å². The largest absolute Gasteiger partial charge is 0.469 e. The molecule has 0 aliphatic carbocycles. The first-order valence-corrected chi connectivity index (χ1v) is 7.66. The summed E-state index contributed by atoms with van der Waals surface area (Å²) in [6.45, 7) is 7.78. The molecule has 22 heavy (non-hydrogen) atoms. The zero-order valence-electron chi connectivity index (χ0n) is 13.4. The summed E-state index contributed by atoms with van der Waals surface area (Å²) in [5.41, 5.74) is 1.86. The maximum atomic E-state index is 12.6. The molecule has 0 aliphatic rings. The van der Waals surface area contributed by atoms with Gasteiger partial charge in [-0.1, -0.05) is 44.2 Å². The Morgan fingerprint density at radius 2 is 1.86 bits per heavy atom. The summed E-state index contributed by atoms with van der Waals surface area (Å²) in [5, 5.41) is 0. The molecular weight excluding hydrogens is 278 g/mol. The lowest BCUT2D eigenvalue weighted by atomic mass is 10.1. The molecule has 118 valence electrons. The molecule has 0 aliphatic heterocycles. The molecule has 1 aromatic carbocycles. The molecule has 0 bridgehead atoms. The molecule has 0 saturated carbocycles. The van der Waals surface area contributed by atoms with E-state index in [1.165, 1.54) is 0 Å². The van der Waals surface area contributed by atoms with Crippen LogP contribution >= 0.6 is 0 Å². The summed E-state index contributed by atoms with van der Waals surface area (Å²) in [7, 11) is 0. The summed E-state index contributed by atoms with van der Waals surface area (Å²) in [6.07, 6.45) is 1.61. The number of rotatable bonds is 7. The molecule has 0 N–H and O–H groups in total. The van der Waals surface area contributed by atoms with Gasteiger partial charge in [0, 0.05) is 5.56 Å². The maximum Gasteiger partial charge on any atom is 0.328 e. The molecule has 4 nitrogen and oxygen atoms in total. The molecule has 0 radical (unpaired) electrons. The smallest absolute Gasteiger partial charge is 0.328 e. The monoisotopic (exact) mass is 301 g/mol. The van der Waals surface area contributed by atoms with Gasteiger partial charge in [0.15, 0.2) is 0 Å². The van der Waals surface area contributed by atoms with Gasteiger partial charge in [-0.15, -0.1) is 0 Å². The molecule has 0 fully saturated rings. The van der Waals surface area contributed by atoms with E-state index in [0.717, 1.165) is 30.0 Å². The zero-order chi connectivity index (χ0) is 15.9. The van der Waals surface area contributed by atoms with Crippen molar-refractivity contribution in [1.29, 1.82) is 0 Å². The minimum absolute atomic E-state index is 0.226. The molecule has 0 spiro atoms. The van der Waals surface area contributed by atoms with Crippen molar-refractivity contribution in [1.82, 2.24) is 4.90 Å². The third kappa shape index (κ3) is 3.77. The summed E-state index contributed by atoms with van der Waals surface area (Å²) in [5.74, 6) is 0.558. The predicted octanol–water partition coefficient (Wildman–Crippen LogP) is 3.71. The topological polar surface area (TPSA) is 42.7 Å². The average molecular weight is 301 g/mol. The van der Waals surface area contributed by atoms with E-state index in [4.69, 9.17) is 9.15 Å². The highest BCUT2D eigenvalue weighted by Crippen LogP contribution is 2.23. The van der Waals surface area contributed by atoms with Crippen molar-refractivity contribution in [3.63, 3.8) is 0 Å². The Morgan fingerprint density at radius 3 is 2.41 bits per heavy atom. The molecule has 0 amide bonds. The quantitative estimate of drug-likeness (QED) is 0.731. The van der Waals surface area contributed by atoms with Gasteiger partial charge in [-0.2, -0.15) is 0 Å². The number of likely N-dealkylation sites (N-methyl/N-ethyl adjacent to an activating group) is 1. The van der Waals surface area contributed by atoms with Gasteiger partial charge >= 0.3 is 5.97 Å². The van der Waals surface area contributed by atoms with Crippen LogP contribution in [0.25, 0.3) is 0 Å². The van der Waals surface area contributed by atoms with Crippen LogP contribution in [0.1, 0.15) is 36.8 Å². The van der Waals surface area contributed by atoms with Gasteiger partial charge in [-0.05, 0) is 31.6 Å². The van der Waals surface area contributed by atoms with E-state index in [0.29, 0.717) is 0 Å². The third-order valence-corrected chi connectivity index (χ3v) is 3.85. The van der Waals surface area contributed by atoms with Gasteiger partial charge in [0.25, 0.3) is 0 Å². The molecule has 1 atom stereocenters. The van der Waals surface area contributed by atoms with Crippen LogP contribution in [0.3, 0.4) is 0 Å². The Balaban J connectivity index is 2.14. The van der Waals surface area contributed by atoms with Crippen LogP contribution in [-0.2, 0) is 16.1 Å². The van der Waals surface area contributed by atoms with Gasteiger partial charge in [0.2, 0.25) is 0 Å². The Bertz CT molecular complexity index is 587. The summed E-state index contributed by atoms with van der Waals surface area (Å²) < 4.78 is 10.8. The van der Waals surface area contributed by atoms with Crippen molar-refractivity contribution < 1.29 is 13.9 Å². The van der Waals surface area contributed by atoms with E-state index in [2.05, 4.69) is 4.90 Å². The number of ether oxygens (including phenoxy) is 1. The fraction of sp³-hybridized carbons (Fsp3) is 0.389. The molecule has 2 aromatic rings. The fourth-order valence-corrected chi connectivity index (χ4v) is 2.51. The number of benzene rings is 1. The van der Waals surface area contributed by atoms with E-state index in [-0.39, 0.29) is 18.6 Å². The highest BCUT2D eigenvalue weighted by molar-refractivity contribution is 5.77. The second-order valence-corrected chi connectivity index (χ2v) is 5.14. The summed E-state index contributed by atoms with van der Waals surface area (Å²) in [4.78, 5) is 14.7. The molecule has 1 aromatic heterocycles. The Hall–Kier alpha value is -2.07. The van der Waals surface area contributed by atoms with Crippen molar-refractivity contribution in [3.05, 3.63) is 59.5 Å². The lowest BCUT2D eigenvalue weighted by Crippen LogP contribution is -2.35. The number of hydrogen-bond donors (Lipinski definition) is 0. The third-order valence-electron chi connectivity index (χ3n) is 3.85. The number of aryl methyl sites for hydroxylation is 1. The second-order valence-electron chi connectivity index (χ2n) is 5.14. The summed E-state index contributed by atoms with van der Waals surface area (Å²) in [6, 6.07) is 11.2. The Labute approximate surface area is 131 Å². The molecular formula is C18H23NO3. The van der Waals surface area contributed by atoms with Gasteiger partial charge in [0.1, 0.15) is 18.4 Å². The van der Waals surface area contributed by atoms with E-state index < -0.39 is 0 Å². The molecule has 4 heteroatoms. The normalized spacial score (nSPS) is 12.4. The van der Waals surface area contributed by atoms with Crippen molar-refractivity contribution in [3.8, 4) is 0 Å². The SMILES string of the molecule is CCN(CC)[C@H](C(=O)OCc1ccoc1C)c1ccccc1. The molecule has 2 rings (SSSR count). The molecule has 0 saturated heterocycles. The van der Waals surface area contributed by atoms with Gasteiger partial charge in [0.05, 0.1) is 6.26 Å². The van der Waals surface area contributed by atoms with E-state index >= 15 is 0 Å². The number of hydrogen-bond acceptors (Lipinski definition) is 4. The molecule has 0 unspecified atom stereocenters.